The van der Waals surface area contributed by atoms with Crippen LogP contribution >= 0.6 is 0 Å². The topological polar surface area (TPSA) is 93.2 Å². The first kappa shape index (κ1) is 25.5. The third kappa shape index (κ3) is 6.24. The molecule has 0 bridgehead atoms. The van der Waals surface area contributed by atoms with Crippen molar-refractivity contribution in [2.24, 2.45) is 0 Å². The molecule has 184 valence electrons. The molecule has 0 radical (unpaired) electrons. The number of carbonyl (C=O) groups is 1. The monoisotopic (exact) mass is 473 g/mol. The van der Waals surface area contributed by atoms with Crippen LogP contribution in [0.4, 0.5) is 10.1 Å². The minimum Gasteiger partial charge on any atom is -0.493 e. The van der Waals surface area contributed by atoms with E-state index < -0.39 is 0 Å². The first-order chi connectivity index (χ1) is 16.6. The smallest absolute Gasteiger partial charge is 0.290 e. The van der Waals surface area contributed by atoms with Gasteiger partial charge in [-0.15, -0.1) is 0 Å². The standard InChI is InChI=1S/C24H30FN3O3.CH2O2/c1-29-14-9-26-24-17-15-21(30-2)22(31-13-6-12-28-10-3-4-11-28)16-20(17)27-19-8-5-7-18(25)23(19)24;2-1-3/h5,7-8,15-16H,3-4,6,9-14H2,1-2H3,(H,26,27);1H,(H,2,3). The van der Waals surface area contributed by atoms with Crippen molar-refractivity contribution in [3.63, 3.8) is 0 Å². The maximum absolute atomic E-state index is 14.7. The molecular formula is C25H32FN3O5. The van der Waals surface area contributed by atoms with E-state index in [0.29, 0.717) is 47.8 Å². The fraction of sp³-hybridized carbons (Fsp3) is 0.440. The Morgan fingerprint density at radius 3 is 2.62 bits per heavy atom. The molecule has 8 nitrogen and oxygen atoms in total. The van der Waals surface area contributed by atoms with Crippen molar-refractivity contribution < 1.29 is 28.5 Å². The van der Waals surface area contributed by atoms with Gasteiger partial charge in [-0.3, -0.25) is 4.79 Å². The Balaban J connectivity index is 0.00000103. The third-order valence-corrected chi connectivity index (χ3v) is 5.72. The third-order valence-electron chi connectivity index (χ3n) is 5.72. The van der Waals surface area contributed by atoms with Crippen LogP contribution in [-0.2, 0) is 9.53 Å². The number of fused-ring (bicyclic) bond motifs is 2. The maximum Gasteiger partial charge on any atom is 0.290 e. The molecule has 9 heteroatoms. The highest BCUT2D eigenvalue weighted by molar-refractivity contribution is 6.08. The molecule has 34 heavy (non-hydrogen) atoms. The van der Waals surface area contributed by atoms with Crippen LogP contribution in [-0.4, -0.2) is 75.1 Å². The lowest BCUT2D eigenvalue weighted by molar-refractivity contribution is -0.122. The first-order valence-corrected chi connectivity index (χ1v) is 11.4. The molecule has 0 aliphatic carbocycles. The Hall–Kier alpha value is -3.17. The number of pyridine rings is 1. The molecule has 0 spiro atoms. The van der Waals surface area contributed by atoms with Crippen molar-refractivity contribution in [3.8, 4) is 11.5 Å². The van der Waals surface area contributed by atoms with Gasteiger partial charge in [0.25, 0.3) is 6.47 Å². The lowest BCUT2D eigenvalue weighted by atomic mass is 10.1. The van der Waals surface area contributed by atoms with E-state index in [9.17, 15) is 4.39 Å². The number of hydrogen-bond acceptors (Lipinski definition) is 7. The molecule has 1 aromatic heterocycles. The van der Waals surface area contributed by atoms with Crippen LogP contribution in [0.3, 0.4) is 0 Å². The van der Waals surface area contributed by atoms with E-state index in [2.05, 4.69) is 10.2 Å². The van der Waals surface area contributed by atoms with Crippen molar-refractivity contribution in [1.29, 1.82) is 0 Å². The second-order valence-electron chi connectivity index (χ2n) is 7.92. The van der Waals surface area contributed by atoms with E-state index in [0.717, 1.165) is 23.9 Å². The molecule has 4 rings (SSSR count). The summed E-state index contributed by atoms with van der Waals surface area (Å²) in [4.78, 5) is 15.5. The van der Waals surface area contributed by atoms with Gasteiger partial charge in [0.1, 0.15) is 5.82 Å². The zero-order chi connectivity index (χ0) is 24.3. The number of ether oxygens (including phenoxy) is 3. The van der Waals surface area contributed by atoms with E-state index in [-0.39, 0.29) is 12.3 Å². The number of anilines is 1. The fourth-order valence-electron chi connectivity index (χ4n) is 4.17. The summed E-state index contributed by atoms with van der Waals surface area (Å²) in [6.45, 7) is 4.84. The molecule has 1 aliphatic heterocycles. The predicted molar refractivity (Wildman–Crippen MR) is 131 cm³/mol. The molecule has 2 N–H and O–H groups in total. The van der Waals surface area contributed by atoms with Crippen LogP contribution in [0.1, 0.15) is 19.3 Å². The number of rotatable bonds is 10. The summed E-state index contributed by atoms with van der Waals surface area (Å²) in [7, 11) is 3.26. The number of nitrogens with zero attached hydrogens (tertiary/aromatic N) is 2. The second-order valence-corrected chi connectivity index (χ2v) is 7.92. The Morgan fingerprint density at radius 2 is 1.91 bits per heavy atom. The molecule has 3 aromatic rings. The molecular weight excluding hydrogens is 441 g/mol. The van der Waals surface area contributed by atoms with Gasteiger partial charge in [0.15, 0.2) is 11.5 Å². The Bertz CT molecular complexity index is 1090. The van der Waals surface area contributed by atoms with Gasteiger partial charge in [-0.1, -0.05) is 6.07 Å². The summed E-state index contributed by atoms with van der Waals surface area (Å²) in [5, 5.41) is 11.5. The van der Waals surface area contributed by atoms with Crippen LogP contribution in [0.25, 0.3) is 21.8 Å². The lowest BCUT2D eigenvalue weighted by Crippen LogP contribution is -2.21. The zero-order valence-corrected chi connectivity index (χ0v) is 19.7. The Kier molecular flexibility index (Phi) is 9.66. The summed E-state index contributed by atoms with van der Waals surface area (Å²) in [5.74, 6) is 0.955. The SMILES string of the molecule is COCCNc1c2cc(OC)c(OCCCN3CCCC3)cc2nc2cccc(F)c12.O=CO. The molecule has 0 saturated carbocycles. The summed E-state index contributed by atoms with van der Waals surface area (Å²) < 4.78 is 31.5. The molecule has 2 aromatic carbocycles. The number of hydrogen-bond donors (Lipinski definition) is 2. The van der Waals surface area contributed by atoms with Gasteiger partial charge in [0.05, 0.1) is 42.4 Å². The molecule has 1 saturated heterocycles. The molecule has 1 fully saturated rings. The second kappa shape index (κ2) is 12.9. The van der Waals surface area contributed by atoms with Crippen molar-refractivity contribution in [1.82, 2.24) is 9.88 Å². The van der Waals surface area contributed by atoms with E-state index >= 15 is 0 Å². The van der Waals surface area contributed by atoms with E-state index in [1.54, 1.807) is 20.3 Å². The summed E-state index contributed by atoms with van der Waals surface area (Å²) in [5.41, 5.74) is 2.01. The molecule has 1 aliphatic rings. The minimum absolute atomic E-state index is 0.250. The highest BCUT2D eigenvalue weighted by Gasteiger charge is 2.17. The van der Waals surface area contributed by atoms with Gasteiger partial charge in [0, 0.05) is 31.7 Å². The molecule has 0 unspecified atom stereocenters. The quantitative estimate of drug-likeness (QED) is 0.258. The first-order valence-electron chi connectivity index (χ1n) is 11.4. The van der Waals surface area contributed by atoms with Crippen molar-refractivity contribution in [2.45, 2.75) is 19.3 Å². The van der Waals surface area contributed by atoms with Crippen molar-refractivity contribution in [2.75, 3.05) is 58.9 Å². The Labute approximate surface area is 198 Å². The largest absolute Gasteiger partial charge is 0.493 e. The van der Waals surface area contributed by atoms with Gasteiger partial charge < -0.3 is 29.5 Å². The van der Waals surface area contributed by atoms with Gasteiger partial charge in [-0.2, -0.15) is 0 Å². The summed E-state index contributed by atoms with van der Waals surface area (Å²) in [6, 6.07) is 8.70. The average Bonchev–Trinajstić information content (AvgIpc) is 3.35. The number of halogens is 1. The van der Waals surface area contributed by atoms with Gasteiger partial charge in [0.2, 0.25) is 0 Å². The van der Waals surface area contributed by atoms with Crippen LogP contribution in [0.2, 0.25) is 0 Å². The van der Waals surface area contributed by atoms with E-state index in [1.807, 2.05) is 18.2 Å². The van der Waals surface area contributed by atoms with Crippen molar-refractivity contribution >= 4 is 34.0 Å². The average molecular weight is 474 g/mol. The molecule has 0 amide bonds. The highest BCUT2D eigenvalue weighted by Crippen LogP contribution is 2.39. The maximum atomic E-state index is 14.7. The van der Waals surface area contributed by atoms with Crippen LogP contribution < -0.4 is 14.8 Å². The number of carboxylic acid groups (broad SMARTS) is 1. The number of nitrogens with one attached hydrogen (secondary N) is 1. The van der Waals surface area contributed by atoms with Gasteiger partial charge in [-0.25, -0.2) is 9.37 Å². The van der Waals surface area contributed by atoms with Crippen LogP contribution in [0.15, 0.2) is 30.3 Å². The van der Waals surface area contributed by atoms with Gasteiger partial charge in [-0.05, 0) is 50.6 Å². The van der Waals surface area contributed by atoms with Crippen molar-refractivity contribution in [3.05, 3.63) is 36.1 Å². The van der Waals surface area contributed by atoms with Gasteiger partial charge >= 0.3 is 0 Å². The highest BCUT2D eigenvalue weighted by atomic mass is 19.1. The van der Waals surface area contributed by atoms with E-state index in [4.69, 9.17) is 29.1 Å². The number of methoxy groups -OCH3 is 2. The summed E-state index contributed by atoms with van der Waals surface area (Å²) >= 11 is 0. The zero-order valence-electron chi connectivity index (χ0n) is 19.7. The normalized spacial score (nSPS) is 13.5. The molecule has 2 heterocycles. The lowest BCUT2D eigenvalue weighted by Gasteiger charge is -2.17. The Morgan fingerprint density at radius 1 is 1.15 bits per heavy atom. The summed E-state index contributed by atoms with van der Waals surface area (Å²) in [6.07, 6.45) is 3.54. The minimum atomic E-state index is -0.312. The van der Waals surface area contributed by atoms with Crippen LogP contribution in [0.5, 0.6) is 11.5 Å². The number of likely N-dealkylation sites (tertiary alicyclic amines) is 1. The van der Waals surface area contributed by atoms with E-state index in [1.165, 1.54) is 32.0 Å². The fourth-order valence-corrected chi connectivity index (χ4v) is 4.17. The molecule has 0 atom stereocenters. The van der Waals surface area contributed by atoms with Crippen LogP contribution in [0, 0.1) is 5.82 Å². The number of benzene rings is 2. The number of aromatic nitrogens is 1. The predicted octanol–water partition coefficient (Wildman–Crippen LogP) is 4.16.